The van der Waals surface area contributed by atoms with E-state index in [4.69, 9.17) is 33.2 Å². The van der Waals surface area contributed by atoms with Gasteiger partial charge in [0.2, 0.25) is 18.3 Å². The van der Waals surface area contributed by atoms with Crippen molar-refractivity contribution in [3.05, 3.63) is 46.6 Å². The summed E-state index contributed by atoms with van der Waals surface area (Å²) in [6.45, 7) is 10.6. The van der Waals surface area contributed by atoms with Gasteiger partial charge in [0, 0.05) is 45.2 Å². The molecule has 0 amide bonds. The summed E-state index contributed by atoms with van der Waals surface area (Å²) >= 11 is 0. The second-order valence-electron chi connectivity index (χ2n) is 10.3. The third-order valence-corrected chi connectivity index (χ3v) is 8.15. The number of phenols is 1. The summed E-state index contributed by atoms with van der Waals surface area (Å²) < 4.78 is 40.9. The topological polar surface area (TPSA) is 119 Å². The van der Waals surface area contributed by atoms with Crippen LogP contribution in [0.4, 0.5) is 0 Å². The first kappa shape index (κ1) is 30.6. The molecule has 0 bridgehead atoms. The van der Waals surface area contributed by atoms with Gasteiger partial charge in [-0.3, -0.25) is 0 Å². The van der Waals surface area contributed by atoms with Gasteiger partial charge in [0.05, 0.1) is 21.3 Å². The summed E-state index contributed by atoms with van der Waals surface area (Å²) in [5.41, 5.74) is 2.45. The zero-order valence-corrected chi connectivity index (χ0v) is 25.4. The van der Waals surface area contributed by atoms with Gasteiger partial charge in [-0.1, -0.05) is 26.0 Å². The molecule has 226 valence electrons. The average molecular weight is 583 g/mol. The molecule has 2 aromatic carbocycles. The Morgan fingerprint density at radius 1 is 0.810 bits per heavy atom. The number of aromatic hydroxyl groups is 1. The molecule has 0 fully saturated rings. The highest BCUT2D eigenvalue weighted by molar-refractivity contribution is 5.91. The molecule has 0 saturated carbocycles. The van der Waals surface area contributed by atoms with E-state index in [1.165, 1.54) is 21.3 Å². The number of phenolic OH excluding ortho intramolecular Hbond substituents is 1. The molecular formula is C32H38O10. The molecule has 2 aromatic rings. The second-order valence-corrected chi connectivity index (χ2v) is 10.3. The molecule has 10 nitrogen and oxygen atoms in total. The number of ether oxygens (including phenoxy) is 7. The van der Waals surface area contributed by atoms with Crippen molar-refractivity contribution in [3.8, 4) is 45.6 Å². The summed E-state index contributed by atoms with van der Waals surface area (Å²) in [5.74, 6) is -0.860. The quantitative estimate of drug-likeness (QED) is 0.298. The molecule has 4 atom stereocenters. The van der Waals surface area contributed by atoms with E-state index in [2.05, 4.69) is 0 Å². The molecule has 1 aliphatic carbocycles. The zero-order chi connectivity index (χ0) is 30.9. The largest absolute Gasteiger partial charge is 0.504 e. The van der Waals surface area contributed by atoms with Gasteiger partial charge in [0.15, 0.2) is 23.0 Å². The van der Waals surface area contributed by atoms with Crippen LogP contribution in [0, 0.1) is 11.8 Å². The Morgan fingerprint density at radius 3 is 1.81 bits per heavy atom. The maximum Gasteiger partial charge on any atom is 0.333 e. The molecule has 0 spiro atoms. The van der Waals surface area contributed by atoms with E-state index in [0.29, 0.717) is 39.3 Å². The molecule has 4 rings (SSSR count). The number of allylic oxidation sites excluding steroid dienone is 2. The monoisotopic (exact) mass is 582 g/mol. The predicted octanol–water partition coefficient (Wildman–Crippen LogP) is 6.20. The van der Waals surface area contributed by atoms with Crippen molar-refractivity contribution in [2.75, 3.05) is 28.1 Å². The highest BCUT2D eigenvalue weighted by Gasteiger charge is 2.44. The van der Waals surface area contributed by atoms with Crippen molar-refractivity contribution in [1.29, 1.82) is 0 Å². The normalized spacial score (nSPS) is 21.4. The summed E-state index contributed by atoms with van der Waals surface area (Å²) in [6.07, 6.45) is 1.56. The minimum absolute atomic E-state index is 0.0985. The Balaban J connectivity index is 2.16. The lowest BCUT2D eigenvalue weighted by Crippen LogP contribution is -2.31. The molecule has 0 radical (unpaired) electrons. The molecule has 1 aliphatic heterocycles. The number of carbonyl (C=O) groups is 2. The first-order valence-corrected chi connectivity index (χ1v) is 13.7. The number of hydrogen-bond donors (Lipinski definition) is 1. The number of fused-ring (bicyclic) bond motifs is 4. The lowest BCUT2D eigenvalue weighted by molar-refractivity contribution is -0.156. The molecule has 0 aromatic heterocycles. The van der Waals surface area contributed by atoms with Crippen molar-refractivity contribution in [2.45, 2.75) is 53.8 Å². The van der Waals surface area contributed by atoms with E-state index < -0.39 is 36.0 Å². The standard InChI is InChI=1S/C32H38O10/c1-10-15(3)31(34)41-26-17(5)18(6)27(42-32(35)16(4)11-2)20-12-21(36-7)29(37-8)30(38-9)24(20)23-19(26)13-22-28(25(23)33)40-14-39-22/h10-13,17-18,26-27,33H,14H2,1-9H3/b15-10+,16-11-/t17-,18+,26-,27-/m1/s1. The van der Waals surface area contributed by atoms with Gasteiger partial charge in [0.25, 0.3) is 0 Å². The zero-order valence-electron chi connectivity index (χ0n) is 25.4. The SMILES string of the molecule is C/C=C(/C)C(=O)O[C@H]1c2cc(OC)c(OC)c(OC)c2-c2c(cc3c(c2O)OCO3)[C@H](OC(=O)/C(C)=C/C)[C@H](C)[C@@H]1C. The smallest absolute Gasteiger partial charge is 0.333 e. The number of benzene rings is 2. The molecular weight excluding hydrogens is 544 g/mol. The lowest BCUT2D eigenvalue weighted by atomic mass is 9.74. The van der Waals surface area contributed by atoms with Crippen LogP contribution in [-0.4, -0.2) is 45.2 Å². The van der Waals surface area contributed by atoms with E-state index in [1.807, 2.05) is 13.8 Å². The van der Waals surface area contributed by atoms with Crippen LogP contribution in [0.2, 0.25) is 0 Å². The number of methoxy groups -OCH3 is 3. The fourth-order valence-corrected chi connectivity index (χ4v) is 5.30. The lowest BCUT2D eigenvalue weighted by Gasteiger charge is -2.38. The Morgan fingerprint density at radius 2 is 1.33 bits per heavy atom. The summed E-state index contributed by atoms with van der Waals surface area (Å²) in [5, 5.41) is 11.8. The Kier molecular flexibility index (Phi) is 8.94. The van der Waals surface area contributed by atoms with Crippen LogP contribution in [-0.2, 0) is 19.1 Å². The molecule has 1 N–H and O–H groups in total. The van der Waals surface area contributed by atoms with Crippen molar-refractivity contribution in [1.82, 2.24) is 0 Å². The van der Waals surface area contributed by atoms with Gasteiger partial charge < -0.3 is 38.3 Å². The highest BCUT2D eigenvalue weighted by Crippen LogP contribution is 2.60. The molecule has 2 aliphatic rings. The van der Waals surface area contributed by atoms with Gasteiger partial charge in [-0.25, -0.2) is 9.59 Å². The Hall–Kier alpha value is -4.34. The Bertz CT molecular complexity index is 1450. The maximum atomic E-state index is 13.2. The van der Waals surface area contributed by atoms with Crippen LogP contribution in [0.1, 0.15) is 64.9 Å². The average Bonchev–Trinajstić information content (AvgIpc) is 3.48. The number of carbonyl (C=O) groups excluding carboxylic acids is 2. The van der Waals surface area contributed by atoms with Crippen molar-refractivity contribution >= 4 is 11.9 Å². The Labute approximate surface area is 245 Å². The predicted molar refractivity (Wildman–Crippen MR) is 154 cm³/mol. The van der Waals surface area contributed by atoms with E-state index >= 15 is 0 Å². The first-order valence-electron chi connectivity index (χ1n) is 13.7. The minimum atomic E-state index is -0.896. The van der Waals surface area contributed by atoms with E-state index in [9.17, 15) is 14.7 Å². The molecule has 0 saturated heterocycles. The van der Waals surface area contributed by atoms with Crippen molar-refractivity contribution < 1.29 is 47.9 Å². The molecule has 42 heavy (non-hydrogen) atoms. The fraction of sp³-hybridized carbons (Fsp3) is 0.438. The number of hydrogen-bond acceptors (Lipinski definition) is 10. The van der Waals surface area contributed by atoms with Gasteiger partial charge in [0.1, 0.15) is 12.2 Å². The van der Waals surface area contributed by atoms with Crippen LogP contribution in [0.5, 0.6) is 34.5 Å². The number of rotatable bonds is 7. The molecule has 0 unspecified atom stereocenters. The van der Waals surface area contributed by atoms with Crippen molar-refractivity contribution in [2.24, 2.45) is 11.8 Å². The number of esters is 2. The first-order chi connectivity index (χ1) is 20.0. The van der Waals surface area contributed by atoms with Gasteiger partial charge >= 0.3 is 11.9 Å². The van der Waals surface area contributed by atoms with Gasteiger partial charge in [-0.15, -0.1) is 0 Å². The van der Waals surface area contributed by atoms with Crippen LogP contribution in [0.3, 0.4) is 0 Å². The second kappa shape index (κ2) is 12.3. The van der Waals surface area contributed by atoms with Gasteiger partial charge in [-0.05, 0) is 39.8 Å². The minimum Gasteiger partial charge on any atom is -0.504 e. The molecule has 1 heterocycles. The maximum absolute atomic E-state index is 13.2. The molecule has 10 heteroatoms. The third kappa shape index (κ3) is 5.10. The summed E-state index contributed by atoms with van der Waals surface area (Å²) in [7, 11) is 4.42. The van der Waals surface area contributed by atoms with Gasteiger partial charge in [-0.2, -0.15) is 0 Å². The van der Waals surface area contributed by atoms with Crippen LogP contribution in [0.25, 0.3) is 11.1 Å². The highest BCUT2D eigenvalue weighted by atomic mass is 16.7. The van der Waals surface area contributed by atoms with Crippen LogP contribution >= 0.6 is 0 Å². The van der Waals surface area contributed by atoms with Crippen molar-refractivity contribution in [3.63, 3.8) is 0 Å². The summed E-state index contributed by atoms with van der Waals surface area (Å²) in [4.78, 5) is 26.4. The summed E-state index contributed by atoms with van der Waals surface area (Å²) in [6, 6.07) is 3.42. The van der Waals surface area contributed by atoms with E-state index in [1.54, 1.807) is 52.0 Å². The van der Waals surface area contributed by atoms with Crippen LogP contribution < -0.4 is 23.7 Å². The van der Waals surface area contributed by atoms with Crippen LogP contribution in [0.15, 0.2) is 35.4 Å². The van der Waals surface area contributed by atoms with E-state index in [0.717, 1.165) is 0 Å². The van der Waals surface area contributed by atoms with E-state index in [-0.39, 0.29) is 35.4 Å². The fourth-order valence-electron chi connectivity index (χ4n) is 5.30. The third-order valence-electron chi connectivity index (χ3n) is 8.15.